The number of benzene rings is 1. The van der Waals surface area contributed by atoms with Gasteiger partial charge in [0, 0.05) is 12.2 Å². The number of hydrogen-bond donors (Lipinski definition) is 1. The molecule has 24 heavy (non-hydrogen) atoms. The average molecular weight is 357 g/mol. The van der Waals surface area contributed by atoms with Crippen LogP contribution in [-0.4, -0.2) is 43.4 Å². The number of aldehydes is 1. The Hall–Kier alpha value is -1.96. The van der Waals surface area contributed by atoms with E-state index in [2.05, 4.69) is 5.32 Å². The SMILES string of the molecule is CC(C)(C)OC(=O)N[C@]1(C=O)[C@H](c2ccc(F)cc2)[C@H]1S(C)(=O)=O. The van der Waals surface area contributed by atoms with E-state index in [1.54, 1.807) is 20.8 Å². The molecule has 0 bridgehead atoms. The number of carbonyl (C=O) groups excluding carboxylic acids is 2. The van der Waals surface area contributed by atoms with E-state index < -0.39 is 44.1 Å². The second kappa shape index (κ2) is 5.84. The first-order chi connectivity index (χ1) is 10.9. The van der Waals surface area contributed by atoms with Gasteiger partial charge in [0.25, 0.3) is 0 Å². The van der Waals surface area contributed by atoms with Gasteiger partial charge in [0.15, 0.2) is 9.84 Å². The van der Waals surface area contributed by atoms with E-state index in [0.29, 0.717) is 11.8 Å². The molecule has 1 aromatic rings. The van der Waals surface area contributed by atoms with E-state index in [1.807, 2.05) is 0 Å². The summed E-state index contributed by atoms with van der Waals surface area (Å²) in [6.07, 6.45) is 0.528. The van der Waals surface area contributed by atoms with Crippen LogP contribution in [0.4, 0.5) is 9.18 Å². The first kappa shape index (κ1) is 18.4. The molecule has 1 saturated carbocycles. The molecule has 1 amide bonds. The van der Waals surface area contributed by atoms with Gasteiger partial charge in [-0.1, -0.05) is 12.1 Å². The van der Waals surface area contributed by atoms with Crippen LogP contribution in [0.5, 0.6) is 0 Å². The zero-order valence-electron chi connectivity index (χ0n) is 13.9. The molecule has 6 nitrogen and oxygen atoms in total. The summed E-state index contributed by atoms with van der Waals surface area (Å²) in [5.74, 6) is -1.27. The smallest absolute Gasteiger partial charge is 0.408 e. The summed E-state index contributed by atoms with van der Waals surface area (Å²) in [6, 6.07) is 5.16. The van der Waals surface area contributed by atoms with E-state index in [1.165, 1.54) is 24.3 Å². The van der Waals surface area contributed by atoms with Gasteiger partial charge >= 0.3 is 6.09 Å². The van der Waals surface area contributed by atoms with Gasteiger partial charge in [0.1, 0.15) is 28.5 Å². The van der Waals surface area contributed by atoms with Crippen molar-refractivity contribution in [3.05, 3.63) is 35.6 Å². The molecule has 0 aromatic heterocycles. The van der Waals surface area contributed by atoms with Crippen LogP contribution in [0, 0.1) is 5.82 Å². The first-order valence-electron chi connectivity index (χ1n) is 7.32. The summed E-state index contributed by atoms with van der Waals surface area (Å²) < 4.78 is 42.3. The van der Waals surface area contributed by atoms with Gasteiger partial charge in [-0.25, -0.2) is 17.6 Å². The van der Waals surface area contributed by atoms with Gasteiger partial charge in [-0.15, -0.1) is 0 Å². The Balaban J connectivity index is 2.36. The van der Waals surface area contributed by atoms with Crippen molar-refractivity contribution >= 4 is 22.2 Å². The Morgan fingerprint density at radius 1 is 1.29 bits per heavy atom. The number of alkyl carbamates (subject to hydrolysis) is 1. The minimum Gasteiger partial charge on any atom is -0.444 e. The molecule has 1 aliphatic rings. The normalized spacial score (nSPS) is 26.5. The van der Waals surface area contributed by atoms with Crippen LogP contribution in [0.15, 0.2) is 24.3 Å². The third-order valence-corrected chi connectivity index (χ3v) is 5.37. The molecule has 0 saturated heterocycles. The highest BCUT2D eigenvalue weighted by Crippen LogP contribution is 2.54. The lowest BCUT2D eigenvalue weighted by molar-refractivity contribution is -0.110. The standard InChI is InChI=1S/C16H20FNO5S/c1-15(2,3)23-14(20)18-16(9-19)12(13(16)24(4,21)22)10-5-7-11(17)8-6-10/h5-9,12-13H,1-4H3,(H,18,20)/t12-,13-,16-/m1/s1. The summed E-state index contributed by atoms with van der Waals surface area (Å²) in [6.45, 7) is 4.95. The summed E-state index contributed by atoms with van der Waals surface area (Å²) in [5, 5.41) is 1.27. The molecule has 2 rings (SSSR count). The van der Waals surface area contributed by atoms with Gasteiger partial charge in [-0.05, 0) is 38.5 Å². The Labute approximate surface area is 140 Å². The second-order valence-electron chi connectivity index (χ2n) is 6.96. The van der Waals surface area contributed by atoms with Gasteiger partial charge in [-0.2, -0.15) is 0 Å². The van der Waals surface area contributed by atoms with Crippen LogP contribution in [0.2, 0.25) is 0 Å². The molecule has 132 valence electrons. The van der Waals surface area contributed by atoms with Crippen LogP contribution >= 0.6 is 0 Å². The Morgan fingerprint density at radius 2 is 1.83 bits per heavy atom. The molecule has 0 spiro atoms. The molecule has 0 radical (unpaired) electrons. The Morgan fingerprint density at radius 3 is 2.25 bits per heavy atom. The second-order valence-corrected chi connectivity index (χ2v) is 9.12. The van der Waals surface area contributed by atoms with Crippen molar-refractivity contribution in [2.75, 3.05) is 6.26 Å². The highest BCUT2D eigenvalue weighted by atomic mass is 32.2. The predicted molar refractivity (Wildman–Crippen MR) is 85.9 cm³/mol. The van der Waals surface area contributed by atoms with E-state index >= 15 is 0 Å². The summed E-state index contributed by atoms with van der Waals surface area (Å²) in [7, 11) is -3.64. The molecule has 1 aliphatic carbocycles. The van der Waals surface area contributed by atoms with Gasteiger partial charge in [-0.3, -0.25) is 0 Å². The number of hydrogen-bond acceptors (Lipinski definition) is 5. The number of rotatable bonds is 4. The minimum absolute atomic E-state index is 0.413. The first-order valence-corrected chi connectivity index (χ1v) is 9.28. The molecule has 1 fully saturated rings. The fourth-order valence-corrected chi connectivity index (χ4v) is 4.66. The lowest BCUT2D eigenvalue weighted by atomic mass is 10.1. The Kier molecular flexibility index (Phi) is 4.47. The third kappa shape index (κ3) is 3.58. The van der Waals surface area contributed by atoms with Gasteiger partial charge in [0.05, 0.1) is 0 Å². The van der Waals surface area contributed by atoms with Gasteiger partial charge in [0.2, 0.25) is 0 Å². The molecular weight excluding hydrogens is 337 g/mol. The van der Waals surface area contributed by atoms with E-state index in [-0.39, 0.29) is 0 Å². The number of halogens is 1. The third-order valence-electron chi connectivity index (χ3n) is 3.78. The van der Waals surface area contributed by atoms with Gasteiger partial charge < -0.3 is 14.8 Å². The minimum atomic E-state index is -3.64. The maximum atomic E-state index is 13.1. The van der Waals surface area contributed by atoms with E-state index in [4.69, 9.17) is 4.74 Å². The van der Waals surface area contributed by atoms with Crippen molar-refractivity contribution in [3.8, 4) is 0 Å². The monoisotopic (exact) mass is 357 g/mol. The number of amides is 1. The average Bonchev–Trinajstić information content (AvgIpc) is 3.06. The number of carbonyl (C=O) groups is 2. The lowest BCUT2D eigenvalue weighted by Gasteiger charge is -2.22. The maximum absolute atomic E-state index is 13.1. The molecule has 8 heteroatoms. The maximum Gasteiger partial charge on any atom is 0.408 e. The van der Waals surface area contributed by atoms with Crippen molar-refractivity contribution < 1.29 is 27.1 Å². The van der Waals surface area contributed by atoms with Crippen LogP contribution < -0.4 is 5.32 Å². The fourth-order valence-electron chi connectivity index (χ4n) is 2.90. The highest BCUT2D eigenvalue weighted by molar-refractivity contribution is 7.91. The van der Waals surface area contributed by atoms with E-state index in [9.17, 15) is 22.4 Å². The van der Waals surface area contributed by atoms with Crippen molar-refractivity contribution in [1.29, 1.82) is 0 Å². The highest BCUT2D eigenvalue weighted by Gasteiger charge is 2.71. The van der Waals surface area contributed by atoms with Crippen molar-refractivity contribution in [2.45, 2.75) is 43.1 Å². The lowest BCUT2D eigenvalue weighted by Crippen LogP contribution is -2.45. The van der Waals surface area contributed by atoms with Crippen molar-refractivity contribution in [3.63, 3.8) is 0 Å². The molecule has 1 N–H and O–H groups in total. The summed E-state index contributed by atoms with van der Waals surface area (Å²) in [5.41, 5.74) is -1.96. The van der Waals surface area contributed by atoms with Crippen molar-refractivity contribution in [2.24, 2.45) is 0 Å². The number of sulfone groups is 1. The summed E-state index contributed by atoms with van der Waals surface area (Å²) in [4.78, 5) is 23.7. The van der Waals surface area contributed by atoms with Crippen LogP contribution in [0.25, 0.3) is 0 Å². The molecule has 3 atom stereocenters. The predicted octanol–water partition coefficient (Wildman–Crippen LogP) is 1.80. The zero-order valence-corrected chi connectivity index (χ0v) is 14.7. The number of ether oxygens (including phenoxy) is 1. The molecule has 0 aliphatic heterocycles. The summed E-state index contributed by atoms with van der Waals surface area (Å²) >= 11 is 0. The number of nitrogens with one attached hydrogen (secondary N) is 1. The van der Waals surface area contributed by atoms with E-state index in [0.717, 1.165) is 6.26 Å². The fraction of sp³-hybridized carbons (Fsp3) is 0.500. The molecule has 1 aromatic carbocycles. The Bertz CT molecular complexity index is 754. The van der Waals surface area contributed by atoms with Crippen LogP contribution in [-0.2, 0) is 19.4 Å². The molecular formula is C16H20FNO5S. The zero-order chi connectivity index (χ0) is 18.3. The molecule has 0 unspecified atom stereocenters. The largest absolute Gasteiger partial charge is 0.444 e. The quantitative estimate of drug-likeness (QED) is 0.830. The topological polar surface area (TPSA) is 89.5 Å². The van der Waals surface area contributed by atoms with Crippen LogP contribution in [0.1, 0.15) is 32.3 Å². The van der Waals surface area contributed by atoms with Crippen LogP contribution in [0.3, 0.4) is 0 Å². The van der Waals surface area contributed by atoms with Crippen molar-refractivity contribution in [1.82, 2.24) is 5.32 Å². The molecule has 0 heterocycles.